The molecule has 0 unspecified atom stereocenters. The molecule has 0 aliphatic rings. The molecular formula is C16H13N5O2S. The quantitative estimate of drug-likeness (QED) is 0.571. The van der Waals surface area contributed by atoms with Crippen molar-refractivity contribution in [3.63, 3.8) is 0 Å². The molecule has 4 aromatic rings. The van der Waals surface area contributed by atoms with Crippen LogP contribution in [0.15, 0.2) is 52.9 Å². The Labute approximate surface area is 141 Å². The van der Waals surface area contributed by atoms with E-state index in [1.165, 1.54) is 11.3 Å². The van der Waals surface area contributed by atoms with E-state index in [1.54, 1.807) is 30.5 Å². The number of imidazole rings is 1. The highest BCUT2D eigenvalue weighted by Crippen LogP contribution is 2.19. The van der Waals surface area contributed by atoms with Gasteiger partial charge in [0.25, 0.3) is 5.91 Å². The summed E-state index contributed by atoms with van der Waals surface area (Å²) in [5.74, 6) is 0.450. The molecule has 0 aliphatic heterocycles. The molecule has 0 spiro atoms. The van der Waals surface area contributed by atoms with Crippen LogP contribution < -0.4 is 0 Å². The lowest BCUT2D eigenvalue weighted by Crippen LogP contribution is -2.26. The number of fused-ring (bicyclic) bond motifs is 1. The Balaban J connectivity index is 1.49. The minimum absolute atomic E-state index is 0.159. The maximum Gasteiger partial charge on any atom is 0.274 e. The average molecular weight is 339 g/mol. The molecule has 0 saturated carbocycles. The van der Waals surface area contributed by atoms with Crippen LogP contribution in [0.1, 0.15) is 16.2 Å². The first kappa shape index (κ1) is 14.6. The second-order valence-electron chi connectivity index (χ2n) is 5.29. The number of hydrogen-bond acceptors (Lipinski definition) is 6. The number of aromatic nitrogens is 4. The topological polar surface area (TPSA) is 76.5 Å². The van der Waals surface area contributed by atoms with Crippen molar-refractivity contribution in [2.75, 3.05) is 7.05 Å². The molecule has 0 aliphatic carbocycles. The molecule has 0 saturated heterocycles. The molecule has 4 heterocycles. The fraction of sp³-hybridized carbons (Fsp3) is 0.125. The van der Waals surface area contributed by atoms with Crippen LogP contribution in [-0.2, 0) is 6.54 Å². The highest BCUT2D eigenvalue weighted by molar-refractivity contribution is 7.15. The Kier molecular flexibility index (Phi) is 3.58. The zero-order valence-electron chi connectivity index (χ0n) is 12.8. The van der Waals surface area contributed by atoms with Gasteiger partial charge in [-0.3, -0.25) is 14.2 Å². The smallest absolute Gasteiger partial charge is 0.274 e. The van der Waals surface area contributed by atoms with Gasteiger partial charge in [-0.2, -0.15) is 0 Å². The molecule has 0 aromatic carbocycles. The Hall–Kier alpha value is -3.00. The fourth-order valence-electron chi connectivity index (χ4n) is 2.38. The summed E-state index contributed by atoms with van der Waals surface area (Å²) in [6.07, 6.45) is 7.00. The molecule has 120 valence electrons. The SMILES string of the molecule is CN(Cc1cc(-c2ccncc2)no1)C(=O)c1cn2ccsc2n1. The van der Waals surface area contributed by atoms with Crippen LogP contribution >= 0.6 is 11.3 Å². The number of amides is 1. The van der Waals surface area contributed by atoms with E-state index in [-0.39, 0.29) is 5.91 Å². The van der Waals surface area contributed by atoms with Crippen molar-refractivity contribution < 1.29 is 9.32 Å². The first-order valence-corrected chi connectivity index (χ1v) is 8.12. The first-order valence-electron chi connectivity index (χ1n) is 7.24. The first-order chi connectivity index (χ1) is 11.7. The minimum atomic E-state index is -0.159. The van der Waals surface area contributed by atoms with Crippen molar-refractivity contribution in [1.82, 2.24) is 24.4 Å². The number of pyridine rings is 1. The summed E-state index contributed by atoms with van der Waals surface area (Å²) in [5.41, 5.74) is 2.05. The normalized spacial score (nSPS) is 11.0. The average Bonchev–Trinajstić information content (AvgIpc) is 3.30. The molecule has 1 amide bonds. The van der Waals surface area contributed by atoms with E-state index >= 15 is 0 Å². The van der Waals surface area contributed by atoms with E-state index in [9.17, 15) is 4.79 Å². The molecule has 0 fully saturated rings. The molecular weight excluding hydrogens is 326 g/mol. The second kappa shape index (κ2) is 5.89. The van der Waals surface area contributed by atoms with Crippen LogP contribution in [0.25, 0.3) is 16.2 Å². The lowest BCUT2D eigenvalue weighted by Gasteiger charge is -2.13. The molecule has 0 bridgehead atoms. The number of thiazole rings is 1. The lowest BCUT2D eigenvalue weighted by atomic mass is 10.2. The van der Waals surface area contributed by atoms with Gasteiger partial charge in [0.15, 0.2) is 10.7 Å². The standard InChI is InChI=1S/C16H13N5O2S/c1-20(15(22)14-10-21-6-7-24-16(21)18-14)9-12-8-13(19-23-12)11-2-4-17-5-3-11/h2-8,10H,9H2,1H3. The van der Waals surface area contributed by atoms with Crippen molar-refractivity contribution in [3.8, 4) is 11.3 Å². The third kappa shape index (κ3) is 2.67. The van der Waals surface area contributed by atoms with E-state index in [0.29, 0.717) is 18.0 Å². The van der Waals surface area contributed by atoms with Gasteiger partial charge in [-0.15, -0.1) is 11.3 Å². The Bertz CT molecular complexity index is 960. The molecule has 0 atom stereocenters. The molecule has 7 nitrogen and oxygen atoms in total. The summed E-state index contributed by atoms with van der Waals surface area (Å²) in [6, 6.07) is 5.54. The number of carbonyl (C=O) groups excluding carboxylic acids is 1. The molecule has 4 aromatic heterocycles. The van der Waals surface area contributed by atoms with Gasteiger partial charge < -0.3 is 9.42 Å². The second-order valence-corrected chi connectivity index (χ2v) is 6.17. The number of rotatable bonds is 4. The third-order valence-corrected chi connectivity index (χ3v) is 4.36. The van der Waals surface area contributed by atoms with Gasteiger partial charge in [0.1, 0.15) is 11.4 Å². The molecule has 0 radical (unpaired) electrons. The zero-order chi connectivity index (χ0) is 16.5. The number of hydrogen-bond donors (Lipinski definition) is 0. The minimum Gasteiger partial charge on any atom is -0.359 e. The molecule has 24 heavy (non-hydrogen) atoms. The molecule has 8 heteroatoms. The lowest BCUT2D eigenvalue weighted by molar-refractivity contribution is 0.0767. The molecule has 0 N–H and O–H groups in total. The van der Waals surface area contributed by atoms with Crippen molar-refractivity contribution in [2.45, 2.75) is 6.54 Å². The van der Waals surface area contributed by atoms with Gasteiger partial charge in [-0.05, 0) is 12.1 Å². The highest BCUT2D eigenvalue weighted by atomic mass is 32.1. The Morgan fingerprint density at radius 1 is 1.38 bits per heavy atom. The Morgan fingerprint density at radius 3 is 3.00 bits per heavy atom. The highest BCUT2D eigenvalue weighted by Gasteiger charge is 2.18. The fourth-order valence-corrected chi connectivity index (χ4v) is 3.08. The summed E-state index contributed by atoms with van der Waals surface area (Å²) in [6.45, 7) is 0.322. The number of carbonyl (C=O) groups is 1. The van der Waals surface area contributed by atoms with Crippen molar-refractivity contribution in [1.29, 1.82) is 0 Å². The van der Waals surface area contributed by atoms with Crippen LogP contribution in [0.4, 0.5) is 0 Å². The van der Waals surface area contributed by atoms with Gasteiger partial charge in [0.05, 0.1) is 6.54 Å². The predicted molar refractivity (Wildman–Crippen MR) is 88.6 cm³/mol. The summed E-state index contributed by atoms with van der Waals surface area (Å²) < 4.78 is 7.17. The van der Waals surface area contributed by atoms with Crippen molar-refractivity contribution in [2.24, 2.45) is 0 Å². The van der Waals surface area contributed by atoms with Crippen molar-refractivity contribution in [3.05, 3.63) is 59.8 Å². The van der Waals surface area contributed by atoms with Crippen LogP contribution in [0, 0.1) is 0 Å². The summed E-state index contributed by atoms with van der Waals surface area (Å²) in [5, 5.41) is 5.97. The largest absolute Gasteiger partial charge is 0.359 e. The van der Waals surface area contributed by atoms with Gasteiger partial charge in [0.2, 0.25) is 0 Å². The van der Waals surface area contributed by atoms with Gasteiger partial charge >= 0.3 is 0 Å². The summed E-state index contributed by atoms with van der Waals surface area (Å²) in [4.78, 5) is 23.1. The molecule has 4 rings (SSSR count). The van der Waals surface area contributed by atoms with E-state index < -0.39 is 0 Å². The van der Waals surface area contributed by atoms with Crippen LogP contribution in [-0.4, -0.2) is 37.4 Å². The van der Waals surface area contributed by atoms with Gasteiger partial charge in [0, 0.05) is 48.8 Å². The Morgan fingerprint density at radius 2 is 2.21 bits per heavy atom. The summed E-state index contributed by atoms with van der Waals surface area (Å²) in [7, 11) is 1.71. The maximum absolute atomic E-state index is 12.5. The van der Waals surface area contributed by atoms with Crippen molar-refractivity contribution >= 4 is 22.2 Å². The maximum atomic E-state index is 12.5. The van der Waals surface area contributed by atoms with Crippen LogP contribution in [0.3, 0.4) is 0 Å². The van der Waals surface area contributed by atoms with E-state index in [2.05, 4.69) is 15.1 Å². The number of nitrogens with zero attached hydrogens (tertiary/aromatic N) is 5. The predicted octanol–water partition coefficient (Wildman–Crippen LogP) is 2.72. The monoisotopic (exact) mass is 339 g/mol. The third-order valence-electron chi connectivity index (χ3n) is 3.59. The van der Waals surface area contributed by atoms with Crippen LogP contribution in [0.5, 0.6) is 0 Å². The zero-order valence-corrected chi connectivity index (χ0v) is 13.6. The van der Waals surface area contributed by atoms with Gasteiger partial charge in [-0.1, -0.05) is 5.16 Å². The van der Waals surface area contributed by atoms with Crippen LogP contribution in [0.2, 0.25) is 0 Å². The summed E-state index contributed by atoms with van der Waals surface area (Å²) >= 11 is 1.49. The van der Waals surface area contributed by atoms with E-state index in [1.807, 2.05) is 34.2 Å². The van der Waals surface area contributed by atoms with Gasteiger partial charge in [-0.25, -0.2) is 4.98 Å². The van der Waals surface area contributed by atoms with E-state index in [0.717, 1.165) is 16.2 Å². The van der Waals surface area contributed by atoms with E-state index in [4.69, 9.17) is 4.52 Å².